The summed E-state index contributed by atoms with van der Waals surface area (Å²) in [5.41, 5.74) is 1.23. The van der Waals surface area contributed by atoms with E-state index in [-0.39, 0.29) is 0 Å². The van der Waals surface area contributed by atoms with E-state index in [1.54, 1.807) is 0 Å². The van der Waals surface area contributed by atoms with E-state index in [0.29, 0.717) is 0 Å². The Hall–Kier alpha value is -1.32. The highest BCUT2D eigenvalue weighted by atomic mass is 16.4. The first-order valence-corrected chi connectivity index (χ1v) is 6.49. The van der Waals surface area contributed by atoms with Crippen LogP contribution in [0, 0.1) is 6.92 Å². The molecule has 1 N–H and O–H groups in total. The summed E-state index contributed by atoms with van der Waals surface area (Å²) in [6.45, 7) is 3.85. The molecule has 0 amide bonds. The van der Waals surface area contributed by atoms with Crippen LogP contribution in [-0.2, 0) is 5.60 Å². The van der Waals surface area contributed by atoms with Crippen LogP contribution < -0.4 is 0 Å². The van der Waals surface area contributed by atoms with Gasteiger partial charge in [0.1, 0.15) is 16.9 Å². The van der Waals surface area contributed by atoms with Gasteiger partial charge in [-0.1, -0.05) is 18.2 Å². The third-order valence-electron chi connectivity index (χ3n) is 4.01. The van der Waals surface area contributed by atoms with Crippen molar-refractivity contribution in [3.05, 3.63) is 35.6 Å². The molecule has 1 aromatic heterocycles. The monoisotopic (exact) mass is 245 g/mol. The lowest BCUT2D eigenvalue weighted by Crippen LogP contribution is -2.40. The summed E-state index contributed by atoms with van der Waals surface area (Å²) < 4.78 is 5.91. The lowest BCUT2D eigenvalue weighted by molar-refractivity contribution is -0.0361. The van der Waals surface area contributed by atoms with Crippen molar-refractivity contribution >= 4 is 11.0 Å². The summed E-state index contributed by atoms with van der Waals surface area (Å²) in [5.74, 6) is 0.722. The number of fused-ring (bicyclic) bond motifs is 1. The highest BCUT2D eigenvalue weighted by molar-refractivity contribution is 5.81. The zero-order valence-electron chi connectivity index (χ0n) is 10.9. The molecule has 96 valence electrons. The maximum atomic E-state index is 10.7. The largest absolute Gasteiger partial charge is 0.458 e. The fourth-order valence-electron chi connectivity index (χ4n) is 2.67. The molecule has 3 rings (SSSR count). The molecule has 2 heterocycles. The number of benzene rings is 1. The second-order valence-corrected chi connectivity index (χ2v) is 5.44. The summed E-state index contributed by atoms with van der Waals surface area (Å²) in [4.78, 5) is 2.24. The Bertz CT molecular complexity index is 565. The summed E-state index contributed by atoms with van der Waals surface area (Å²) in [5, 5.41) is 11.8. The van der Waals surface area contributed by atoms with Gasteiger partial charge >= 0.3 is 0 Å². The van der Waals surface area contributed by atoms with Crippen molar-refractivity contribution < 1.29 is 9.52 Å². The highest BCUT2D eigenvalue weighted by Crippen LogP contribution is 2.36. The lowest BCUT2D eigenvalue weighted by Gasteiger charge is -2.34. The molecule has 0 saturated carbocycles. The molecule has 2 aromatic rings. The minimum atomic E-state index is -0.794. The van der Waals surface area contributed by atoms with E-state index < -0.39 is 5.60 Å². The van der Waals surface area contributed by atoms with Crippen molar-refractivity contribution in [2.45, 2.75) is 25.4 Å². The zero-order chi connectivity index (χ0) is 12.8. The number of rotatable bonds is 1. The normalized spacial score (nSPS) is 20.4. The van der Waals surface area contributed by atoms with Crippen molar-refractivity contribution in [3.8, 4) is 0 Å². The molecule has 1 aliphatic rings. The van der Waals surface area contributed by atoms with Crippen molar-refractivity contribution in [1.82, 2.24) is 4.90 Å². The van der Waals surface area contributed by atoms with Crippen LogP contribution >= 0.6 is 0 Å². The van der Waals surface area contributed by atoms with Gasteiger partial charge in [0.2, 0.25) is 0 Å². The first-order chi connectivity index (χ1) is 8.58. The molecule has 0 bridgehead atoms. The molecule has 1 aliphatic heterocycles. The molecule has 0 atom stereocenters. The average molecular weight is 245 g/mol. The van der Waals surface area contributed by atoms with Gasteiger partial charge in [0.15, 0.2) is 0 Å². The molecule has 1 fully saturated rings. The third kappa shape index (κ3) is 1.84. The topological polar surface area (TPSA) is 36.6 Å². The molecule has 3 heteroatoms. The third-order valence-corrected chi connectivity index (χ3v) is 4.01. The second-order valence-electron chi connectivity index (χ2n) is 5.44. The number of aryl methyl sites for hydroxylation is 1. The lowest BCUT2D eigenvalue weighted by atomic mass is 9.89. The Balaban J connectivity index is 2.01. The van der Waals surface area contributed by atoms with E-state index in [9.17, 15) is 5.11 Å². The van der Waals surface area contributed by atoms with E-state index in [0.717, 1.165) is 48.2 Å². The van der Waals surface area contributed by atoms with Crippen LogP contribution in [0.3, 0.4) is 0 Å². The fourth-order valence-corrected chi connectivity index (χ4v) is 2.67. The Morgan fingerprint density at radius 1 is 1.28 bits per heavy atom. The van der Waals surface area contributed by atoms with Gasteiger partial charge in [-0.05, 0) is 38.4 Å². The van der Waals surface area contributed by atoms with Gasteiger partial charge in [0.25, 0.3) is 0 Å². The number of nitrogens with zero attached hydrogens (tertiary/aromatic N) is 1. The quantitative estimate of drug-likeness (QED) is 0.839. The van der Waals surface area contributed by atoms with E-state index in [2.05, 4.69) is 11.9 Å². The van der Waals surface area contributed by atoms with E-state index in [1.165, 1.54) is 0 Å². The number of hydrogen-bond acceptors (Lipinski definition) is 3. The van der Waals surface area contributed by atoms with Crippen molar-refractivity contribution in [1.29, 1.82) is 0 Å². The number of likely N-dealkylation sites (tertiary alicyclic amines) is 1. The smallest absolute Gasteiger partial charge is 0.137 e. The minimum Gasteiger partial charge on any atom is -0.458 e. The summed E-state index contributed by atoms with van der Waals surface area (Å²) in [6.07, 6.45) is 1.48. The molecular formula is C15H19NO2. The Labute approximate surface area is 107 Å². The van der Waals surface area contributed by atoms with Crippen molar-refractivity contribution in [2.75, 3.05) is 20.1 Å². The second kappa shape index (κ2) is 4.11. The van der Waals surface area contributed by atoms with Gasteiger partial charge in [0.05, 0.1) is 0 Å². The molecule has 3 nitrogen and oxygen atoms in total. The van der Waals surface area contributed by atoms with Crippen LogP contribution in [-0.4, -0.2) is 30.1 Å². The van der Waals surface area contributed by atoms with Crippen LogP contribution in [0.5, 0.6) is 0 Å². The summed E-state index contributed by atoms with van der Waals surface area (Å²) in [6, 6.07) is 8.09. The minimum absolute atomic E-state index is 0.722. The molecule has 1 saturated heterocycles. The van der Waals surface area contributed by atoms with Crippen molar-refractivity contribution in [3.63, 3.8) is 0 Å². The Morgan fingerprint density at radius 3 is 2.67 bits per heavy atom. The van der Waals surface area contributed by atoms with E-state index in [4.69, 9.17) is 4.42 Å². The van der Waals surface area contributed by atoms with Gasteiger partial charge in [-0.25, -0.2) is 0 Å². The fraction of sp³-hybridized carbons (Fsp3) is 0.467. The van der Waals surface area contributed by atoms with Gasteiger partial charge in [-0.15, -0.1) is 0 Å². The van der Waals surface area contributed by atoms with Gasteiger partial charge < -0.3 is 14.4 Å². The number of piperidine rings is 1. The molecule has 0 unspecified atom stereocenters. The molecule has 18 heavy (non-hydrogen) atoms. The van der Waals surface area contributed by atoms with Crippen molar-refractivity contribution in [2.24, 2.45) is 0 Å². The molecular weight excluding hydrogens is 226 g/mol. The molecule has 0 spiro atoms. The van der Waals surface area contributed by atoms with Gasteiger partial charge in [-0.3, -0.25) is 0 Å². The van der Waals surface area contributed by atoms with Crippen LogP contribution in [0.4, 0.5) is 0 Å². The first-order valence-electron chi connectivity index (χ1n) is 6.49. The molecule has 1 aromatic carbocycles. The SMILES string of the molecule is Cc1cccc2cc(C3(O)CCN(C)CC3)oc12. The summed E-state index contributed by atoms with van der Waals surface area (Å²) >= 11 is 0. The van der Waals surface area contributed by atoms with Crippen LogP contribution in [0.15, 0.2) is 28.7 Å². The zero-order valence-corrected chi connectivity index (χ0v) is 10.9. The predicted molar refractivity (Wildman–Crippen MR) is 71.6 cm³/mol. The highest BCUT2D eigenvalue weighted by Gasteiger charge is 2.36. The molecule has 0 radical (unpaired) electrons. The first kappa shape index (κ1) is 11.8. The van der Waals surface area contributed by atoms with Crippen LogP contribution in [0.2, 0.25) is 0 Å². The van der Waals surface area contributed by atoms with Crippen LogP contribution in [0.25, 0.3) is 11.0 Å². The predicted octanol–water partition coefficient (Wildman–Crippen LogP) is 2.65. The van der Waals surface area contributed by atoms with E-state index in [1.807, 2.05) is 31.2 Å². The number of aliphatic hydroxyl groups is 1. The maximum absolute atomic E-state index is 10.7. The van der Waals surface area contributed by atoms with Crippen LogP contribution in [0.1, 0.15) is 24.2 Å². The number of para-hydroxylation sites is 1. The van der Waals surface area contributed by atoms with Gasteiger partial charge in [-0.2, -0.15) is 0 Å². The standard InChI is InChI=1S/C15H19NO2/c1-11-4-3-5-12-10-13(18-14(11)12)15(17)6-8-16(2)9-7-15/h3-5,10,17H,6-9H2,1-2H3. The maximum Gasteiger partial charge on any atom is 0.137 e. The Kier molecular flexibility index (Phi) is 2.68. The number of furan rings is 1. The average Bonchev–Trinajstić information content (AvgIpc) is 2.79. The number of hydrogen-bond donors (Lipinski definition) is 1. The Morgan fingerprint density at radius 2 is 2.00 bits per heavy atom. The summed E-state index contributed by atoms with van der Waals surface area (Å²) in [7, 11) is 2.09. The molecule has 0 aliphatic carbocycles. The van der Waals surface area contributed by atoms with E-state index >= 15 is 0 Å². The van der Waals surface area contributed by atoms with Gasteiger partial charge in [0, 0.05) is 18.5 Å².